The number of halogens is 2. The average Bonchev–Trinajstić information content (AvgIpc) is 2.19. The minimum atomic E-state index is -0.786. The highest BCUT2D eigenvalue weighted by atomic mass is 35.5. The van der Waals surface area contributed by atoms with Crippen LogP contribution in [0.15, 0.2) is 23.3 Å². The molecule has 1 aromatic rings. The molecule has 1 N–H and O–H groups in total. The summed E-state index contributed by atoms with van der Waals surface area (Å²) in [6.45, 7) is 0.129. The zero-order chi connectivity index (χ0) is 11.3. The van der Waals surface area contributed by atoms with Crippen LogP contribution >= 0.6 is 11.6 Å². The smallest absolute Gasteiger partial charge is 0.166 e. The van der Waals surface area contributed by atoms with Crippen LogP contribution in [0, 0.1) is 5.82 Å². The Kier molecular flexibility index (Phi) is 3.97. The van der Waals surface area contributed by atoms with E-state index in [1.165, 1.54) is 18.2 Å². The lowest BCUT2D eigenvalue weighted by molar-refractivity contribution is 0.431. The maximum Gasteiger partial charge on any atom is 0.166 e. The highest BCUT2D eigenvalue weighted by Crippen LogP contribution is 2.26. The van der Waals surface area contributed by atoms with Crippen molar-refractivity contribution in [2.75, 3.05) is 6.54 Å². The van der Waals surface area contributed by atoms with Gasteiger partial charge in [0.1, 0.15) is 0 Å². The van der Waals surface area contributed by atoms with Crippen molar-refractivity contribution in [3.63, 3.8) is 0 Å². The number of aromatic hydroxyl groups is 1. The molecule has 15 heavy (non-hydrogen) atoms. The maximum atomic E-state index is 13.0. The second-order valence-electron chi connectivity index (χ2n) is 2.64. The van der Waals surface area contributed by atoms with Crippen LogP contribution in [-0.2, 0) is 0 Å². The molecule has 0 saturated heterocycles. The van der Waals surface area contributed by atoms with Crippen LogP contribution in [0.4, 0.5) is 4.39 Å². The molecule has 6 heteroatoms. The van der Waals surface area contributed by atoms with E-state index in [9.17, 15) is 9.50 Å². The Hall–Kier alpha value is -1.71. The first-order chi connectivity index (χ1) is 7.15. The second kappa shape index (κ2) is 5.24. The van der Waals surface area contributed by atoms with E-state index in [1.54, 1.807) is 0 Å². The van der Waals surface area contributed by atoms with Crippen LogP contribution in [0.2, 0.25) is 5.02 Å². The Morgan fingerprint density at radius 2 is 2.33 bits per heavy atom. The first-order valence-corrected chi connectivity index (χ1v) is 4.38. The molecule has 0 radical (unpaired) electrons. The van der Waals surface area contributed by atoms with Crippen LogP contribution in [-0.4, -0.2) is 11.7 Å². The number of hydrogen-bond donors (Lipinski definition) is 1. The van der Waals surface area contributed by atoms with Crippen LogP contribution in [0.3, 0.4) is 0 Å². The molecule has 0 amide bonds. The average molecular weight is 228 g/mol. The fourth-order valence-electron chi connectivity index (χ4n) is 0.976. The van der Waals surface area contributed by atoms with Crippen molar-refractivity contribution in [3.8, 4) is 5.75 Å². The molecule has 0 aliphatic carbocycles. The lowest BCUT2D eigenvalue weighted by atomic mass is 10.2. The molecular weight excluding hydrogens is 221 g/mol. The molecule has 0 aromatic heterocycles. The van der Waals surface area contributed by atoms with E-state index in [4.69, 9.17) is 17.1 Å². The summed E-state index contributed by atoms with van der Waals surface area (Å²) in [5, 5.41) is 12.7. The van der Waals surface area contributed by atoms with Gasteiger partial charge in [-0.2, -0.15) is 0 Å². The summed E-state index contributed by atoms with van der Waals surface area (Å²) in [7, 11) is 0. The molecule has 0 spiro atoms. The van der Waals surface area contributed by atoms with Gasteiger partial charge in [0, 0.05) is 22.0 Å². The molecule has 1 aromatic carbocycles. The number of benzene rings is 1. The molecule has 0 bridgehead atoms. The highest BCUT2D eigenvalue weighted by Gasteiger charge is 2.05. The summed E-state index contributed by atoms with van der Waals surface area (Å²) >= 11 is 5.60. The molecule has 4 nitrogen and oxygen atoms in total. The summed E-state index contributed by atoms with van der Waals surface area (Å²) in [6.07, 6.45) is 2.92. The summed E-state index contributed by atoms with van der Waals surface area (Å²) < 4.78 is 13.0. The van der Waals surface area contributed by atoms with Gasteiger partial charge in [-0.1, -0.05) is 28.9 Å². The van der Waals surface area contributed by atoms with Gasteiger partial charge in [-0.15, -0.1) is 0 Å². The topological polar surface area (TPSA) is 69.0 Å². The van der Waals surface area contributed by atoms with Gasteiger partial charge in [-0.25, -0.2) is 4.39 Å². The highest BCUT2D eigenvalue weighted by molar-refractivity contribution is 6.30. The van der Waals surface area contributed by atoms with Crippen molar-refractivity contribution in [1.29, 1.82) is 0 Å². The van der Waals surface area contributed by atoms with Gasteiger partial charge < -0.3 is 5.11 Å². The van der Waals surface area contributed by atoms with E-state index in [1.807, 2.05) is 0 Å². The minimum Gasteiger partial charge on any atom is -0.504 e. The molecule has 0 atom stereocenters. The van der Waals surface area contributed by atoms with Crippen LogP contribution in [0.25, 0.3) is 16.5 Å². The summed E-state index contributed by atoms with van der Waals surface area (Å²) in [5.74, 6) is -1.26. The number of rotatable bonds is 3. The van der Waals surface area contributed by atoms with Crippen molar-refractivity contribution >= 4 is 17.7 Å². The van der Waals surface area contributed by atoms with Gasteiger partial charge in [0.15, 0.2) is 11.6 Å². The molecule has 0 fully saturated rings. The standard InChI is InChI=1S/C9H7ClFN3O/c10-7-4-6(2-1-3-13-14-12)9(15)8(11)5-7/h1-2,4-5,15H,3H2. The quantitative estimate of drug-likeness (QED) is 0.479. The van der Waals surface area contributed by atoms with E-state index < -0.39 is 11.6 Å². The molecule has 0 heterocycles. The molecule has 78 valence electrons. The normalized spacial score (nSPS) is 10.3. The zero-order valence-corrected chi connectivity index (χ0v) is 8.32. The lowest BCUT2D eigenvalue weighted by Gasteiger charge is -2.01. The van der Waals surface area contributed by atoms with Gasteiger partial charge in [-0.3, -0.25) is 0 Å². The SMILES string of the molecule is [N-]=[N+]=NCC=Cc1cc(Cl)cc(F)c1O. The van der Waals surface area contributed by atoms with Crippen LogP contribution < -0.4 is 0 Å². The molecular formula is C9H7ClFN3O. The van der Waals surface area contributed by atoms with Gasteiger partial charge >= 0.3 is 0 Å². The first kappa shape index (κ1) is 11.4. The third-order valence-corrected chi connectivity index (χ3v) is 1.82. The summed E-state index contributed by atoms with van der Waals surface area (Å²) in [5.41, 5.74) is 8.24. The van der Waals surface area contributed by atoms with E-state index in [-0.39, 0.29) is 17.1 Å². The van der Waals surface area contributed by atoms with Gasteiger partial charge in [-0.05, 0) is 17.7 Å². The van der Waals surface area contributed by atoms with E-state index >= 15 is 0 Å². The maximum absolute atomic E-state index is 13.0. The molecule has 0 saturated carbocycles. The van der Waals surface area contributed by atoms with Crippen molar-refractivity contribution in [2.45, 2.75) is 0 Å². The fraction of sp³-hybridized carbons (Fsp3) is 0.111. The lowest BCUT2D eigenvalue weighted by Crippen LogP contribution is -1.82. The van der Waals surface area contributed by atoms with E-state index in [0.29, 0.717) is 0 Å². The number of hydrogen-bond acceptors (Lipinski definition) is 2. The van der Waals surface area contributed by atoms with Gasteiger partial charge in [0.05, 0.1) is 0 Å². The summed E-state index contributed by atoms with van der Waals surface area (Å²) in [4.78, 5) is 2.54. The predicted octanol–water partition coefficient (Wildman–Crippen LogP) is 3.51. The molecule has 0 unspecified atom stereocenters. The van der Waals surface area contributed by atoms with Gasteiger partial charge in [0.2, 0.25) is 0 Å². The fourth-order valence-corrected chi connectivity index (χ4v) is 1.19. The van der Waals surface area contributed by atoms with E-state index in [2.05, 4.69) is 10.0 Å². The Labute approximate surface area is 90.2 Å². The number of phenols is 1. The number of azide groups is 1. The Morgan fingerprint density at radius 3 is 3.00 bits per heavy atom. The third-order valence-electron chi connectivity index (χ3n) is 1.61. The third kappa shape index (κ3) is 3.16. The van der Waals surface area contributed by atoms with Crippen molar-refractivity contribution in [2.24, 2.45) is 5.11 Å². The Morgan fingerprint density at radius 1 is 1.60 bits per heavy atom. The van der Waals surface area contributed by atoms with Crippen molar-refractivity contribution < 1.29 is 9.50 Å². The van der Waals surface area contributed by atoms with Crippen LogP contribution in [0.5, 0.6) is 5.75 Å². The van der Waals surface area contributed by atoms with E-state index in [0.717, 1.165) is 6.07 Å². The van der Waals surface area contributed by atoms with Gasteiger partial charge in [0.25, 0.3) is 0 Å². The van der Waals surface area contributed by atoms with Crippen molar-refractivity contribution in [1.82, 2.24) is 0 Å². The Balaban J connectivity index is 2.94. The molecule has 0 aliphatic rings. The Bertz CT molecular complexity index is 441. The monoisotopic (exact) mass is 227 g/mol. The zero-order valence-electron chi connectivity index (χ0n) is 7.56. The predicted molar refractivity (Wildman–Crippen MR) is 56.1 cm³/mol. The summed E-state index contributed by atoms with van der Waals surface area (Å²) in [6, 6.07) is 2.42. The minimum absolute atomic E-state index is 0.129. The van der Waals surface area contributed by atoms with Crippen LogP contribution in [0.1, 0.15) is 5.56 Å². The number of nitrogens with zero attached hydrogens (tertiary/aromatic N) is 3. The first-order valence-electron chi connectivity index (χ1n) is 4.00. The molecule has 1 rings (SSSR count). The number of phenolic OH excluding ortho intramolecular Hbond substituents is 1. The van der Waals surface area contributed by atoms with Crippen molar-refractivity contribution in [3.05, 3.63) is 45.1 Å². The largest absolute Gasteiger partial charge is 0.504 e. The molecule has 0 aliphatic heterocycles. The second-order valence-corrected chi connectivity index (χ2v) is 3.08.